The Balaban J connectivity index is -0.0000000160. The van der Waals surface area contributed by atoms with E-state index in [1.165, 1.54) is 0 Å². The first-order valence-electron chi connectivity index (χ1n) is 0.765. The average Bonchev–Trinajstić information content (AvgIpc) is 1.39. The van der Waals surface area contributed by atoms with Crippen LogP contribution in [-0.2, 0) is 9.13 Å². The third-order valence-corrected chi connectivity index (χ3v) is 0. The minimum Gasteiger partial charge on any atom is -0.412 e. The maximum atomic E-state index is 8.46. The van der Waals surface area contributed by atoms with Crippen molar-refractivity contribution in [2.45, 2.75) is 0 Å². The van der Waals surface area contributed by atoms with E-state index >= 15 is 0 Å². The van der Waals surface area contributed by atoms with Gasteiger partial charge in [0.2, 0.25) is 0 Å². The van der Waals surface area contributed by atoms with Gasteiger partial charge >= 0.3 is 40.4 Å². The summed E-state index contributed by atoms with van der Waals surface area (Å²) in [6, 6.07) is 0. The minimum absolute atomic E-state index is 0. The van der Waals surface area contributed by atoms with Gasteiger partial charge in [0.25, 0.3) is 0 Å². The van der Waals surface area contributed by atoms with Crippen LogP contribution < -0.4 is 0 Å². The van der Waals surface area contributed by atoms with Crippen molar-refractivity contribution in [1.29, 1.82) is 0 Å². The van der Waals surface area contributed by atoms with Crippen molar-refractivity contribution in [3.63, 3.8) is 0 Å². The largest absolute Gasteiger partial charge is 2.00 e. The molecule has 0 heterocycles. The smallest absolute Gasteiger partial charge is 0.412 e. The molecule has 0 saturated carbocycles. The fourth-order valence-corrected chi connectivity index (χ4v) is 0. The molecule has 44 valence electrons. The predicted molar refractivity (Wildman–Crippen MR) is 29.0 cm³/mol. The zero-order valence-corrected chi connectivity index (χ0v) is 7.02. The van der Waals surface area contributed by atoms with Gasteiger partial charge in [0.05, 0.1) is 0 Å². The van der Waals surface area contributed by atoms with Crippen LogP contribution in [0.4, 0.5) is 0 Å². The van der Waals surface area contributed by atoms with Crippen LogP contribution in [0.3, 0.4) is 0 Å². The molecule has 0 aliphatic rings. The van der Waals surface area contributed by atoms with E-state index in [0.717, 1.165) is 0 Å². The average molecular weight is 170 g/mol. The molecule has 8 heavy (non-hydrogen) atoms. The number of hydrogen-bond donors (Lipinski definition) is 2. The molecule has 0 aliphatic carbocycles. The molecule has 0 unspecified atom stereocenters. The summed E-state index contributed by atoms with van der Waals surface area (Å²) in [5, 5.41) is 0. The van der Waals surface area contributed by atoms with E-state index in [-0.39, 0.29) is 28.5 Å². The van der Waals surface area contributed by atoms with E-state index in [2.05, 4.69) is 0 Å². The summed E-state index contributed by atoms with van der Waals surface area (Å²) >= 11 is 0. The van der Waals surface area contributed by atoms with Crippen LogP contribution in [0.1, 0.15) is 0 Å². The Morgan fingerprint density at radius 1 is 1.00 bits per heavy atom. The van der Waals surface area contributed by atoms with E-state index < -0.39 is 17.4 Å². The Bertz CT molecular complexity index is 31.4. The summed E-state index contributed by atoms with van der Waals surface area (Å²) < 4.78 is 16.9. The summed E-state index contributed by atoms with van der Waals surface area (Å²) in [5.41, 5.74) is 0. The summed E-state index contributed by atoms with van der Waals surface area (Å²) in [6.07, 6.45) is 0. The van der Waals surface area contributed by atoms with Gasteiger partial charge in [-0.1, -0.05) is 0 Å². The molecule has 8 heteroatoms. The zero-order valence-electron chi connectivity index (χ0n) is 3.81. The molecule has 0 atom stereocenters. The second kappa shape index (κ2) is 45.4. The van der Waals surface area contributed by atoms with Gasteiger partial charge in [-0.25, -0.2) is 9.13 Å². The van der Waals surface area contributed by atoms with Crippen LogP contribution in [0.15, 0.2) is 0 Å². The maximum absolute atomic E-state index is 8.46. The van der Waals surface area contributed by atoms with Crippen LogP contribution >= 0.6 is 17.4 Å². The molecule has 0 bridgehead atoms. The monoisotopic (exact) mass is 170 g/mol. The van der Waals surface area contributed by atoms with Gasteiger partial charge < -0.3 is 15.3 Å². The standard InChI is InChI=1S/Mg.2HO2P.H2O/c;2*1-3-2;/h;2*(H,1,2);1H2/q+2;;;. The van der Waals surface area contributed by atoms with Crippen LogP contribution in [0.2, 0.25) is 0 Å². The van der Waals surface area contributed by atoms with Crippen LogP contribution in [-0.4, -0.2) is 38.3 Å². The van der Waals surface area contributed by atoms with Crippen molar-refractivity contribution in [3.05, 3.63) is 0 Å². The van der Waals surface area contributed by atoms with Gasteiger partial charge in [-0.05, 0) is 0 Å². The quantitative estimate of drug-likeness (QED) is 0.365. The van der Waals surface area contributed by atoms with E-state index in [1.807, 2.05) is 0 Å². The fraction of sp³-hybridized carbons (Fsp3) is 0. The van der Waals surface area contributed by atoms with E-state index in [1.54, 1.807) is 0 Å². The van der Waals surface area contributed by atoms with Crippen LogP contribution in [0.5, 0.6) is 0 Å². The minimum atomic E-state index is -0.833. The molecule has 0 fully saturated rings. The molecule has 0 aliphatic heterocycles. The topological polar surface area (TPSA) is 106 Å². The molecule has 0 amide bonds. The molecule has 5 nitrogen and oxygen atoms in total. The van der Waals surface area contributed by atoms with E-state index in [0.29, 0.717) is 0 Å². The molecular weight excluding hydrogens is 166 g/mol. The second-order valence-electron chi connectivity index (χ2n) is 0.163. The van der Waals surface area contributed by atoms with Gasteiger partial charge in [0, 0.05) is 0 Å². The van der Waals surface area contributed by atoms with Gasteiger partial charge in [-0.15, -0.1) is 0 Å². The Labute approximate surface area is 65.1 Å². The first-order chi connectivity index (χ1) is 2.83. The molecule has 4 N–H and O–H groups in total. The maximum Gasteiger partial charge on any atom is 2.00 e. The zero-order chi connectivity index (χ0) is 5.41. The molecule has 0 rings (SSSR count). The van der Waals surface area contributed by atoms with E-state index in [4.69, 9.17) is 18.9 Å². The van der Waals surface area contributed by atoms with Crippen molar-refractivity contribution in [1.82, 2.24) is 0 Å². The number of rotatable bonds is 0. The number of hydrogen-bond acceptors (Lipinski definition) is 2. The normalized spacial score (nSPS) is 5.25. The van der Waals surface area contributed by atoms with E-state index in [9.17, 15) is 0 Å². The third kappa shape index (κ3) is 327. The fourth-order valence-electron chi connectivity index (χ4n) is 0. The Kier molecular flexibility index (Phi) is 132. The molecule has 0 aromatic heterocycles. The van der Waals surface area contributed by atoms with Crippen molar-refractivity contribution in [2.75, 3.05) is 0 Å². The molecule has 0 saturated heterocycles. The van der Waals surface area contributed by atoms with Crippen LogP contribution in [0, 0.1) is 0 Å². The van der Waals surface area contributed by atoms with Crippen molar-refractivity contribution < 1.29 is 24.4 Å². The van der Waals surface area contributed by atoms with Crippen LogP contribution in [0.25, 0.3) is 0 Å². The first kappa shape index (κ1) is 23.2. The van der Waals surface area contributed by atoms with Crippen molar-refractivity contribution in [2.24, 2.45) is 0 Å². The van der Waals surface area contributed by atoms with Gasteiger partial charge in [-0.2, -0.15) is 0 Å². The summed E-state index contributed by atoms with van der Waals surface area (Å²) in [7, 11) is -1.67. The molecule has 0 aromatic rings. The predicted octanol–water partition coefficient (Wildman–Crippen LogP) is -0.835. The second-order valence-corrected chi connectivity index (χ2v) is 0.490. The Hall–Kier alpha value is 0.846. The molecule has 0 spiro atoms. The summed E-state index contributed by atoms with van der Waals surface area (Å²) in [4.78, 5) is 14.0. The van der Waals surface area contributed by atoms with Gasteiger partial charge in [0.15, 0.2) is 0 Å². The Morgan fingerprint density at radius 2 is 1.00 bits per heavy atom. The molecule has 0 radical (unpaired) electrons. The van der Waals surface area contributed by atoms with Gasteiger partial charge in [-0.3, -0.25) is 0 Å². The Morgan fingerprint density at radius 3 is 1.00 bits per heavy atom. The molecule has 0 aromatic carbocycles. The summed E-state index contributed by atoms with van der Waals surface area (Å²) in [6.45, 7) is 0. The van der Waals surface area contributed by atoms with Gasteiger partial charge in [0.1, 0.15) is 0 Å². The molecular formula is H4MgO5P2+2. The van der Waals surface area contributed by atoms with Crippen molar-refractivity contribution >= 4 is 40.4 Å². The SMILES string of the molecule is O.O=PO.O=PO.[Mg+2]. The third-order valence-electron chi connectivity index (χ3n) is 0. The first-order valence-corrected chi connectivity index (χ1v) is 2.30. The summed E-state index contributed by atoms with van der Waals surface area (Å²) in [5.74, 6) is 0. The van der Waals surface area contributed by atoms with Crippen molar-refractivity contribution in [3.8, 4) is 0 Å².